The summed E-state index contributed by atoms with van der Waals surface area (Å²) >= 11 is 3.42. The standard InChI is InChI=1S/C16H25BrFN/c1-3-5-6-7-15(19-10-4-2)12-13-11-14(17)8-9-16(13)18/h8-9,11,15,19H,3-7,10,12H2,1-2H3. The van der Waals surface area contributed by atoms with Gasteiger partial charge in [-0.1, -0.05) is 49.0 Å². The molecule has 108 valence electrons. The second-order valence-electron chi connectivity index (χ2n) is 5.09. The molecule has 0 saturated carbocycles. The zero-order chi connectivity index (χ0) is 14.1. The zero-order valence-electron chi connectivity index (χ0n) is 12.0. The minimum absolute atomic E-state index is 0.0954. The molecule has 3 heteroatoms. The topological polar surface area (TPSA) is 12.0 Å². The average Bonchev–Trinajstić information content (AvgIpc) is 2.40. The van der Waals surface area contributed by atoms with E-state index >= 15 is 0 Å². The summed E-state index contributed by atoms with van der Waals surface area (Å²) in [6.45, 7) is 5.38. The Hall–Kier alpha value is -0.410. The lowest BCUT2D eigenvalue weighted by molar-refractivity contribution is 0.449. The molecular weight excluding hydrogens is 305 g/mol. The van der Waals surface area contributed by atoms with E-state index in [9.17, 15) is 4.39 Å². The summed E-state index contributed by atoms with van der Waals surface area (Å²) < 4.78 is 14.7. The van der Waals surface area contributed by atoms with Crippen LogP contribution >= 0.6 is 15.9 Å². The number of halogens is 2. The van der Waals surface area contributed by atoms with Gasteiger partial charge in [0.15, 0.2) is 0 Å². The van der Waals surface area contributed by atoms with Crippen LogP contribution in [0.15, 0.2) is 22.7 Å². The molecule has 1 rings (SSSR count). The molecule has 0 amide bonds. The van der Waals surface area contributed by atoms with E-state index in [1.807, 2.05) is 6.07 Å². The van der Waals surface area contributed by atoms with E-state index in [1.165, 1.54) is 19.3 Å². The molecule has 0 radical (unpaired) electrons. The fourth-order valence-corrected chi connectivity index (χ4v) is 2.64. The Morgan fingerprint density at radius 1 is 1.21 bits per heavy atom. The maximum atomic E-state index is 13.8. The van der Waals surface area contributed by atoms with Crippen molar-refractivity contribution in [3.63, 3.8) is 0 Å². The molecule has 1 nitrogen and oxygen atoms in total. The molecule has 0 saturated heterocycles. The second kappa shape index (κ2) is 9.49. The van der Waals surface area contributed by atoms with Gasteiger partial charge < -0.3 is 5.32 Å². The summed E-state index contributed by atoms with van der Waals surface area (Å²) in [5.41, 5.74) is 0.805. The van der Waals surface area contributed by atoms with Crippen molar-refractivity contribution in [2.24, 2.45) is 0 Å². The molecule has 0 heterocycles. The highest BCUT2D eigenvalue weighted by Crippen LogP contribution is 2.18. The molecule has 0 bridgehead atoms. The fraction of sp³-hybridized carbons (Fsp3) is 0.625. The molecule has 0 aliphatic rings. The van der Waals surface area contributed by atoms with Crippen LogP contribution in [-0.4, -0.2) is 12.6 Å². The summed E-state index contributed by atoms with van der Waals surface area (Å²) in [5, 5.41) is 3.54. The maximum Gasteiger partial charge on any atom is 0.126 e. The Labute approximate surface area is 125 Å². The van der Waals surface area contributed by atoms with E-state index < -0.39 is 0 Å². The van der Waals surface area contributed by atoms with E-state index in [2.05, 4.69) is 35.1 Å². The summed E-state index contributed by atoms with van der Waals surface area (Å²) in [6.07, 6.45) is 6.71. The van der Waals surface area contributed by atoms with Crippen LogP contribution in [0.25, 0.3) is 0 Å². The van der Waals surface area contributed by atoms with Gasteiger partial charge >= 0.3 is 0 Å². The molecule has 0 aromatic heterocycles. The van der Waals surface area contributed by atoms with Gasteiger partial charge in [-0.15, -0.1) is 0 Å². The molecule has 19 heavy (non-hydrogen) atoms. The molecule has 1 N–H and O–H groups in total. The Morgan fingerprint density at radius 3 is 2.68 bits per heavy atom. The predicted molar refractivity (Wildman–Crippen MR) is 84.0 cm³/mol. The molecule has 0 aliphatic heterocycles. The highest BCUT2D eigenvalue weighted by Gasteiger charge is 2.12. The van der Waals surface area contributed by atoms with Crippen LogP contribution in [-0.2, 0) is 6.42 Å². The van der Waals surface area contributed by atoms with Crippen LogP contribution in [0.5, 0.6) is 0 Å². The van der Waals surface area contributed by atoms with Crippen LogP contribution in [0.2, 0.25) is 0 Å². The van der Waals surface area contributed by atoms with Gasteiger partial charge in [-0.05, 0) is 49.6 Å². The zero-order valence-corrected chi connectivity index (χ0v) is 13.6. The fourth-order valence-electron chi connectivity index (χ4n) is 2.23. The van der Waals surface area contributed by atoms with E-state index in [0.29, 0.717) is 6.04 Å². The summed E-state index contributed by atoms with van der Waals surface area (Å²) in [6, 6.07) is 5.58. The Morgan fingerprint density at radius 2 is 2.00 bits per heavy atom. The third-order valence-electron chi connectivity index (χ3n) is 3.31. The van der Waals surface area contributed by atoms with Crippen molar-refractivity contribution in [2.75, 3.05) is 6.54 Å². The van der Waals surface area contributed by atoms with Crippen molar-refractivity contribution in [3.8, 4) is 0 Å². The molecule has 0 spiro atoms. The lowest BCUT2D eigenvalue weighted by Crippen LogP contribution is -2.32. The number of rotatable bonds is 9. The van der Waals surface area contributed by atoms with Crippen LogP contribution in [0.4, 0.5) is 4.39 Å². The molecule has 1 atom stereocenters. The highest BCUT2D eigenvalue weighted by molar-refractivity contribution is 9.10. The van der Waals surface area contributed by atoms with Crippen molar-refractivity contribution in [2.45, 2.75) is 58.4 Å². The van der Waals surface area contributed by atoms with Crippen molar-refractivity contribution >= 4 is 15.9 Å². The first-order valence-corrected chi connectivity index (χ1v) is 8.14. The predicted octanol–water partition coefficient (Wildman–Crippen LogP) is 5.08. The van der Waals surface area contributed by atoms with Gasteiger partial charge in [-0.3, -0.25) is 0 Å². The van der Waals surface area contributed by atoms with E-state index in [-0.39, 0.29) is 5.82 Å². The number of hydrogen-bond acceptors (Lipinski definition) is 1. The minimum Gasteiger partial charge on any atom is -0.314 e. The smallest absolute Gasteiger partial charge is 0.126 e. The summed E-state index contributed by atoms with van der Waals surface area (Å²) in [5.74, 6) is -0.0954. The first-order valence-electron chi connectivity index (χ1n) is 7.34. The average molecular weight is 330 g/mol. The van der Waals surface area contributed by atoms with Gasteiger partial charge in [0, 0.05) is 10.5 Å². The SMILES string of the molecule is CCCCCC(Cc1cc(Br)ccc1F)NCCC. The largest absolute Gasteiger partial charge is 0.314 e. The molecule has 0 fully saturated rings. The van der Waals surface area contributed by atoms with E-state index in [4.69, 9.17) is 0 Å². The van der Waals surface area contributed by atoms with Crippen LogP contribution < -0.4 is 5.32 Å². The monoisotopic (exact) mass is 329 g/mol. The highest BCUT2D eigenvalue weighted by atomic mass is 79.9. The maximum absolute atomic E-state index is 13.8. The quantitative estimate of drug-likeness (QED) is 0.623. The Kier molecular flexibility index (Phi) is 8.31. The van der Waals surface area contributed by atoms with Crippen LogP contribution in [0.1, 0.15) is 51.5 Å². The lowest BCUT2D eigenvalue weighted by atomic mass is 10.00. The minimum atomic E-state index is -0.0954. The number of unbranched alkanes of at least 4 members (excludes halogenated alkanes) is 2. The van der Waals surface area contributed by atoms with Crippen molar-refractivity contribution in [1.82, 2.24) is 5.32 Å². The first kappa shape index (κ1) is 16.6. The number of nitrogens with one attached hydrogen (secondary N) is 1. The molecule has 1 aromatic rings. The number of hydrogen-bond donors (Lipinski definition) is 1. The van der Waals surface area contributed by atoms with Crippen LogP contribution in [0.3, 0.4) is 0 Å². The van der Waals surface area contributed by atoms with Gasteiger partial charge in [-0.2, -0.15) is 0 Å². The lowest BCUT2D eigenvalue weighted by Gasteiger charge is -2.19. The summed E-state index contributed by atoms with van der Waals surface area (Å²) in [4.78, 5) is 0. The normalized spacial score (nSPS) is 12.6. The third kappa shape index (κ3) is 6.53. The molecule has 1 aromatic carbocycles. The van der Waals surface area contributed by atoms with Gasteiger partial charge in [0.05, 0.1) is 0 Å². The number of benzene rings is 1. The van der Waals surface area contributed by atoms with Crippen LogP contribution in [0, 0.1) is 5.82 Å². The van der Waals surface area contributed by atoms with Crippen molar-refractivity contribution in [3.05, 3.63) is 34.1 Å². The molecular formula is C16H25BrFN. The van der Waals surface area contributed by atoms with E-state index in [1.54, 1.807) is 12.1 Å². The van der Waals surface area contributed by atoms with E-state index in [0.717, 1.165) is 35.8 Å². The Balaban J connectivity index is 2.61. The van der Waals surface area contributed by atoms with Gasteiger partial charge in [-0.25, -0.2) is 4.39 Å². The molecule has 1 unspecified atom stereocenters. The summed E-state index contributed by atoms with van der Waals surface area (Å²) in [7, 11) is 0. The van der Waals surface area contributed by atoms with Crippen molar-refractivity contribution < 1.29 is 4.39 Å². The Bertz CT molecular complexity index is 368. The second-order valence-corrected chi connectivity index (χ2v) is 6.00. The third-order valence-corrected chi connectivity index (χ3v) is 3.81. The van der Waals surface area contributed by atoms with Gasteiger partial charge in [0.25, 0.3) is 0 Å². The van der Waals surface area contributed by atoms with Gasteiger partial charge in [0.2, 0.25) is 0 Å². The first-order chi connectivity index (χ1) is 9.17. The molecule has 0 aliphatic carbocycles. The van der Waals surface area contributed by atoms with Gasteiger partial charge in [0.1, 0.15) is 5.82 Å². The van der Waals surface area contributed by atoms with Crippen molar-refractivity contribution in [1.29, 1.82) is 0 Å².